The van der Waals surface area contributed by atoms with Gasteiger partial charge in [-0.05, 0) is 62.8 Å². The third-order valence-corrected chi connectivity index (χ3v) is 7.73. The van der Waals surface area contributed by atoms with Gasteiger partial charge in [0.05, 0.1) is 12.8 Å². The highest BCUT2D eigenvalue weighted by molar-refractivity contribution is 4.92. The van der Waals surface area contributed by atoms with Gasteiger partial charge in [-0.25, -0.2) is 0 Å². The number of rotatable bonds is 2. The molecule has 3 saturated carbocycles. The lowest BCUT2D eigenvalue weighted by Gasteiger charge is -2.49. The van der Waals surface area contributed by atoms with Crippen LogP contribution in [-0.4, -0.2) is 31.3 Å². The second-order valence-electron chi connectivity index (χ2n) is 9.24. The Hall–Kier alpha value is -0.0800. The van der Waals surface area contributed by atoms with E-state index in [2.05, 4.69) is 11.9 Å². The zero-order chi connectivity index (χ0) is 15.6. The fraction of sp³-hybridized carbons (Fsp3) is 1.00. The second-order valence-corrected chi connectivity index (χ2v) is 9.24. The van der Waals surface area contributed by atoms with Crippen molar-refractivity contribution in [1.29, 1.82) is 0 Å². The maximum atomic E-state index is 6.46. The smallest absolute Gasteiger partial charge is 0.0991 e. The maximum Gasteiger partial charge on any atom is 0.0991 e. The van der Waals surface area contributed by atoms with Crippen molar-refractivity contribution in [3.05, 3.63) is 0 Å². The van der Waals surface area contributed by atoms with Crippen LogP contribution >= 0.6 is 0 Å². The molecule has 4 fully saturated rings. The van der Waals surface area contributed by atoms with Crippen LogP contribution in [-0.2, 0) is 4.74 Å². The minimum atomic E-state index is 0.580. The van der Waals surface area contributed by atoms with E-state index in [1.807, 2.05) is 0 Å². The molecule has 0 bridgehead atoms. The first-order valence-corrected chi connectivity index (χ1v) is 10.6. The summed E-state index contributed by atoms with van der Waals surface area (Å²) in [6.07, 6.45) is 18.4. The van der Waals surface area contributed by atoms with Crippen LogP contribution in [0.4, 0.5) is 0 Å². The number of hydrogen-bond donors (Lipinski definition) is 0. The molecule has 0 aromatic carbocycles. The van der Waals surface area contributed by atoms with Crippen LogP contribution in [0.25, 0.3) is 0 Å². The van der Waals surface area contributed by atoms with Crippen molar-refractivity contribution in [2.24, 2.45) is 29.6 Å². The predicted octanol–water partition coefficient (Wildman–Crippen LogP) is 5.08. The molecule has 0 N–H and O–H groups in total. The van der Waals surface area contributed by atoms with E-state index < -0.39 is 0 Å². The lowest BCUT2D eigenvalue weighted by molar-refractivity contribution is -0.144. The lowest BCUT2D eigenvalue weighted by Crippen LogP contribution is -2.50. The molecular weight excluding hydrogens is 282 g/mol. The van der Waals surface area contributed by atoms with Gasteiger partial charge in [-0.3, -0.25) is 4.90 Å². The molecule has 0 amide bonds. The normalized spacial score (nSPS) is 44.0. The van der Waals surface area contributed by atoms with E-state index in [0.29, 0.717) is 6.10 Å². The largest absolute Gasteiger partial charge is 0.362 e. The van der Waals surface area contributed by atoms with Gasteiger partial charge in [0.15, 0.2) is 0 Å². The molecule has 3 aliphatic carbocycles. The Bertz CT molecular complexity index is 378. The summed E-state index contributed by atoms with van der Waals surface area (Å²) in [7, 11) is 2.26. The fourth-order valence-electron chi connectivity index (χ4n) is 6.52. The molecule has 1 saturated heterocycles. The highest BCUT2D eigenvalue weighted by Gasteiger charge is 2.42. The third-order valence-electron chi connectivity index (χ3n) is 7.73. The summed E-state index contributed by atoms with van der Waals surface area (Å²) in [5.41, 5.74) is 0. The molecule has 0 aromatic rings. The van der Waals surface area contributed by atoms with E-state index in [4.69, 9.17) is 4.74 Å². The zero-order valence-corrected chi connectivity index (χ0v) is 15.2. The van der Waals surface area contributed by atoms with Crippen molar-refractivity contribution in [2.45, 2.75) is 83.2 Å². The molecule has 2 nitrogen and oxygen atoms in total. The van der Waals surface area contributed by atoms with Gasteiger partial charge < -0.3 is 4.74 Å². The van der Waals surface area contributed by atoms with Gasteiger partial charge in [0.1, 0.15) is 0 Å². The van der Waals surface area contributed by atoms with Crippen LogP contribution in [0.15, 0.2) is 0 Å². The average Bonchev–Trinajstić information content (AvgIpc) is 2.62. The number of fused-ring (bicyclic) bond motifs is 1. The Morgan fingerprint density at radius 2 is 1.35 bits per heavy atom. The second kappa shape index (κ2) is 7.44. The topological polar surface area (TPSA) is 12.5 Å². The Balaban J connectivity index is 1.44. The van der Waals surface area contributed by atoms with Gasteiger partial charge in [-0.1, -0.05) is 44.9 Å². The molecule has 23 heavy (non-hydrogen) atoms. The quantitative estimate of drug-likeness (QED) is 0.704. The standard InChI is InChI=1S/C21H37NO/c1-22-14-20(21(23-15-22)17-8-3-2-4-9-17)19-12-11-16-7-5-6-10-18(16)13-19/h16-21H,2-15H2,1H3/t16?,18?,19?,20-,21-/m1/s1. The highest BCUT2D eigenvalue weighted by atomic mass is 16.5. The van der Waals surface area contributed by atoms with Gasteiger partial charge in [0.2, 0.25) is 0 Å². The lowest BCUT2D eigenvalue weighted by atomic mass is 9.63. The van der Waals surface area contributed by atoms with Gasteiger partial charge in [-0.15, -0.1) is 0 Å². The monoisotopic (exact) mass is 319 g/mol. The van der Waals surface area contributed by atoms with Crippen molar-refractivity contribution in [3.63, 3.8) is 0 Å². The molecule has 5 atom stereocenters. The van der Waals surface area contributed by atoms with E-state index in [9.17, 15) is 0 Å². The molecule has 2 heteroatoms. The minimum absolute atomic E-state index is 0.580. The molecule has 1 aliphatic heterocycles. The summed E-state index contributed by atoms with van der Waals surface area (Å²) >= 11 is 0. The summed E-state index contributed by atoms with van der Waals surface area (Å²) in [5, 5.41) is 0. The molecule has 4 aliphatic rings. The first-order chi connectivity index (χ1) is 11.3. The van der Waals surface area contributed by atoms with Crippen LogP contribution in [0.3, 0.4) is 0 Å². The Morgan fingerprint density at radius 1 is 0.696 bits per heavy atom. The first-order valence-electron chi connectivity index (χ1n) is 10.6. The van der Waals surface area contributed by atoms with E-state index in [1.165, 1.54) is 83.6 Å². The fourth-order valence-corrected chi connectivity index (χ4v) is 6.52. The van der Waals surface area contributed by atoms with Crippen molar-refractivity contribution in [2.75, 3.05) is 20.3 Å². The molecule has 0 radical (unpaired) electrons. The van der Waals surface area contributed by atoms with E-state index in [1.54, 1.807) is 0 Å². The van der Waals surface area contributed by atoms with Gasteiger partial charge in [0.25, 0.3) is 0 Å². The van der Waals surface area contributed by atoms with Crippen LogP contribution < -0.4 is 0 Å². The Labute approximate surface area is 143 Å². The zero-order valence-electron chi connectivity index (χ0n) is 15.2. The van der Waals surface area contributed by atoms with Crippen LogP contribution in [0.2, 0.25) is 0 Å². The Kier molecular flexibility index (Phi) is 5.30. The summed E-state index contributed by atoms with van der Waals surface area (Å²) in [5.74, 6) is 4.77. The van der Waals surface area contributed by atoms with Crippen LogP contribution in [0.5, 0.6) is 0 Å². The number of ether oxygens (including phenoxy) is 1. The van der Waals surface area contributed by atoms with Gasteiger partial charge >= 0.3 is 0 Å². The van der Waals surface area contributed by atoms with Crippen molar-refractivity contribution in [3.8, 4) is 0 Å². The molecule has 0 spiro atoms. The number of hydrogen-bond acceptors (Lipinski definition) is 2. The number of nitrogens with zero attached hydrogens (tertiary/aromatic N) is 1. The summed E-state index contributed by atoms with van der Waals surface area (Å²) in [6, 6.07) is 0. The van der Waals surface area contributed by atoms with Gasteiger partial charge in [-0.2, -0.15) is 0 Å². The molecule has 3 unspecified atom stereocenters. The molecule has 1 heterocycles. The molecular formula is C21H37NO. The van der Waals surface area contributed by atoms with E-state index in [-0.39, 0.29) is 0 Å². The van der Waals surface area contributed by atoms with E-state index in [0.717, 1.165) is 36.3 Å². The molecule has 132 valence electrons. The van der Waals surface area contributed by atoms with Crippen LogP contribution in [0.1, 0.15) is 77.0 Å². The third kappa shape index (κ3) is 3.63. The summed E-state index contributed by atoms with van der Waals surface area (Å²) in [4.78, 5) is 2.44. The predicted molar refractivity (Wildman–Crippen MR) is 95.2 cm³/mol. The Morgan fingerprint density at radius 3 is 2.17 bits per heavy atom. The SMILES string of the molecule is CN1CO[C@H](C2CCCCC2)[C@@H](C2CCC3CCCCC3C2)C1. The van der Waals surface area contributed by atoms with Crippen molar-refractivity contribution >= 4 is 0 Å². The average molecular weight is 320 g/mol. The summed E-state index contributed by atoms with van der Waals surface area (Å²) < 4.78 is 6.46. The highest BCUT2D eigenvalue weighted by Crippen LogP contribution is 2.47. The van der Waals surface area contributed by atoms with Crippen molar-refractivity contribution in [1.82, 2.24) is 4.90 Å². The molecule has 4 rings (SSSR count). The van der Waals surface area contributed by atoms with Crippen molar-refractivity contribution < 1.29 is 4.74 Å². The molecule has 0 aromatic heterocycles. The maximum absolute atomic E-state index is 6.46. The summed E-state index contributed by atoms with van der Waals surface area (Å²) in [6.45, 7) is 2.17. The minimum Gasteiger partial charge on any atom is -0.362 e. The first kappa shape index (κ1) is 16.4. The van der Waals surface area contributed by atoms with Gasteiger partial charge in [0, 0.05) is 12.5 Å². The van der Waals surface area contributed by atoms with Crippen LogP contribution in [0, 0.1) is 29.6 Å². The van der Waals surface area contributed by atoms with E-state index >= 15 is 0 Å².